The Balaban J connectivity index is 1.80. The van der Waals surface area contributed by atoms with E-state index in [0.717, 1.165) is 0 Å². The van der Waals surface area contributed by atoms with Crippen LogP contribution >= 0.6 is 11.6 Å². The monoisotopic (exact) mass is 421 g/mol. The van der Waals surface area contributed by atoms with Gasteiger partial charge in [-0.2, -0.15) is 0 Å². The van der Waals surface area contributed by atoms with Crippen molar-refractivity contribution >= 4 is 23.5 Å². The van der Waals surface area contributed by atoms with E-state index in [-0.39, 0.29) is 18.1 Å². The first kappa shape index (κ1) is 22.4. The molecule has 0 aliphatic carbocycles. The van der Waals surface area contributed by atoms with Gasteiger partial charge in [-0.15, -0.1) is 0 Å². The van der Waals surface area contributed by atoms with Crippen molar-refractivity contribution in [2.75, 3.05) is 40.5 Å². The minimum Gasteiger partial charge on any atom is -0.493 e. The topological polar surface area (TPSA) is 74.3 Å². The highest BCUT2D eigenvalue weighted by Crippen LogP contribution is 2.28. The highest BCUT2D eigenvalue weighted by atomic mass is 35.5. The minimum absolute atomic E-state index is 0.274. The van der Waals surface area contributed by atoms with Crippen LogP contribution in [0, 0.1) is 0 Å². The summed E-state index contributed by atoms with van der Waals surface area (Å²) < 4.78 is 21.3. The van der Waals surface area contributed by atoms with Crippen LogP contribution in [0.5, 0.6) is 17.2 Å². The fraction of sp³-hybridized carbons (Fsp3) is 0.333. The molecule has 2 aromatic carbocycles. The lowest BCUT2D eigenvalue weighted by molar-refractivity contribution is -0.133. The lowest BCUT2D eigenvalue weighted by Crippen LogP contribution is -2.34. The normalized spacial score (nSPS) is 10.2. The van der Waals surface area contributed by atoms with Crippen LogP contribution in [0.3, 0.4) is 0 Å². The molecule has 0 saturated heterocycles. The number of nitrogens with zero attached hydrogens (tertiary/aromatic N) is 1. The van der Waals surface area contributed by atoms with E-state index >= 15 is 0 Å². The predicted molar refractivity (Wildman–Crippen MR) is 109 cm³/mol. The fourth-order valence-electron chi connectivity index (χ4n) is 2.35. The molecule has 0 aromatic heterocycles. The summed E-state index contributed by atoms with van der Waals surface area (Å²) in [6, 6.07) is 11.6. The van der Waals surface area contributed by atoms with E-state index in [2.05, 4.69) is 0 Å². The molecule has 8 heteroatoms. The number of esters is 1. The smallest absolute Gasteiger partial charge is 0.338 e. The first-order chi connectivity index (χ1) is 13.9. The number of ether oxygens (including phenoxy) is 4. The number of hydrogen-bond acceptors (Lipinski definition) is 6. The van der Waals surface area contributed by atoms with Crippen LogP contribution in [0.1, 0.15) is 17.3 Å². The molecule has 1 amide bonds. The zero-order valence-corrected chi connectivity index (χ0v) is 17.4. The second kappa shape index (κ2) is 11.2. The van der Waals surface area contributed by atoms with Gasteiger partial charge in [0.15, 0.2) is 18.1 Å². The molecule has 0 unspecified atom stereocenters. The average Bonchev–Trinajstić information content (AvgIpc) is 2.73. The Morgan fingerprint density at radius 3 is 2.41 bits per heavy atom. The Morgan fingerprint density at radius 2 is 1.76 bits per heavy atom. The maximum Gasteiger partial charge on any atom is 0.338 e. The van der Waals surface area contributed by atoms with E-state index < -0.39 is 5.97 Å². The highest BCUT2D eigenvalue weighted by Gasteiger charge is 2.16. The van der Waals surface area contributed by atoms with Crippen molar-refractivity contribution in [2.24, 2.45) is 0 Å². The largest absolute Gasteiger partial charge is 0.493 e. The number of amides is 1. The summed E-state index contributed by atoms with van der Waals surface area (Å²) in [5.41, 5.74) is 0.274. The molecular formula is C21H24ClNO6. The predicted octanol–water partition coefficient (Wildman–Crippen LogP) is 3.44. The minimum atomic E-state index is -0.618. The third kappa shape index (κ3) is 6.87. The lowest BCUT2D eigenvalue weighted by Gasteiger charge is -2.17. The van der Waals surface area contributed by atoms with Crippen LogP contribution in [0.15, 0.2) is 42.5 Å². The molecule has 0 radical (unpaired) electrons. The van der Waals surface area contributed by atoms with Gasteiger partial charge < -0.3 is 23.8 Å². The van der Waals surface area contributed by atoms with Gasteiger partial charge in [-0.3, -0.25) is 4.79 Å². The number of methoxy groups -OCH3 is 1. The second-order valence-corrected chi connectivity index (χ2v) is 6.43. The van der Waals surface area contributed by atoms with Crippen molar-refractivity contribution in [3.05, 3.63) is 53.1 Å². The van der Waals surface area contributed by atoms with Gasteiger partial charge in [-0.1, -0.05) is 11.6 Å². The molecule has 0 spiro atoms. The number of hydrogen-bond donors (Lipinski definition) is 0. The zero-order valence-electron chi connectivity index (χ0n) is 16.6. The van der Waals surface area contributed by atoms with Crippen molar-refractivity contribution in [3.8, 4) is 17.2 Å². The van der Waals surface area contributed by atoms with Gasteiger partial charge in [0.25, 0.3) is 5.91 Å². The molecule has 0 saturated carbocycles. The van der Waals surface area contributed by atoms with Gasteiger partial charge in [0.1, 0.15) is 12.4 Å². The van der Waals surface area contributed by atoms with Gasteiger partial charge >= 0.3 is 5.97 Å². The molecule has 156 valence electrons. The standard InChI is InChI=1S/C21H24ClNO6/c1-4-27-19-13-15(5-10-18(19)26-3)21(25)29-14-20(24)23(2)11-12-28-17-8-6-16(22)7-9-17/h5-10,13H,4,11-12,14H2,1-3H3. The molecule has 0 aliphatic rings. The van der Waals surface area contributed by atoms with Crippen LogP contribution in [-0.2, 0) is 9.53 Å². The number of halogens is 1. The van der Waals surface area contributed by atoms with Crippen molar-refractivity contribution < 1.29 is 28.5 Å². The average molecular weight is 422 g/mol. The van der Waals surface area contributed by atoms with E-state index in [1.54, 1.807) is 43.4 Å². The number of carbonyl (C=O) groups excluding carboxylic acids is 2. The van der Waals surface area contributed by atoms with Crippen LogP contribution in [0.25, 0.3) is 0 Å². The van der Waals surface area contributed by atoms with Crippen LogP contribution in [0.2, 0.25) is 5.02 Å². The van der Waals surface area contributed by atoms with E-state index in [0.29, 0.717) is 42.0 Å². The van der Waals surface area contributed by atoms with Gasteiger partial charge in [-0.25, -0.2) is 4.79 Å². The maximum atomic E-state index is 12.2. The molecule has 0 heterocycles. The first-order valence-corrected chi connectivity index (χ1v) is 9.42. The summed E-state index contributed by atoms with van der Waals surface area (Å²) in [6.07, 6.45) is 0. The summed E-state index contributed by atoms with van der Waals surface area (Å²) in [6.45, 7) is 2.53. The van der Waals surface area contributed by atoms with E-state index in [1.165, 1.54) is 18.1 Å². The SMILES string of the molecule is CCOc1cc(C(=O)OCC(=O)N(C)CCOc2ccc(Cl)cc2)ccc1OC. The molecule has 29 heavy (non-hydrogen) atoms. The van der Waals surface area contributed by atoms with Crippen LogP contribution < -0.4 is 14.2 Å². The third-order valence-electron chi connectivity index (χ3n) is 3.96. The second-order valence-electron chi connectivity index (χ2n) is 5.99. The Morgan fingerprint density at radius 1 is 1.03 bits per heavy atom. The third-order valence-corrected chi connectivity index (χ3v) is 4.21. The number of rotatable bonds is 10. The molecular weight excluding hydrogens is 398 g/mol. The number of likely N-dealkylation sites (N-methyl/N-ethyl adjacent to an activating group) is 1. The summed E-state index contributed by atoms with van der Waals surface area (Å²) in [5.74, 6) is 0.655. The van der Waals surface area contributed by atoms with Gasteiger partial charge in [-0.05, 0) is 49.4 Å². The number of carbonyl (C=O) groups is 2. The van der Waals surface area contributed by atoms with E-state index in [4.69, 9.17) is 30.5 Å². The molecule has 0 atom stereocenters. The lowest BCUT2D eigenvalue weighted by atomic mass is 10.2. The molecule has 0 fully saturated rings. The molecule has 7 nitrogen and oxygen atoms in total. The maximum absolute atomic E-state index is 12.2. The summed E-state index contributed by atoms with van der Waals surface area (Å²) in [4.78, 5) is 25.8. The Hall–Kier alpha value is -2.93. The number of benzene rings is 2. The van der Waals surface area contributed by atoms with Crippen LogP contribution in [-0.4, -0.2) is 57.3 Å². The van der Waals surface area contributed by atoms with Gasteiger partial charge in [0.2, 0.25) is 0 Å². The Kier molecular flexibility index (Phi) is 8.61. The van der Waals surface area contributed by atoms with Crippen LogP contribution in [0.4, 0.5) is 0 Å². The zero-order chi connectivity index (χ0) is 21.2. The first-order valence-electron chi connectivity index (χ1n) is 9.05. The Labute approximate surface area is 175 Å². The summed E-state index contributed by atoms with van der Waals surface area (Å²) in [7, 11) is 3.13. The van der Waals surface area contributed by atoms with E-state index in [1.807, 2.05) is 6.92 Å². The van der Waals surface area contributed by atoms with Gasteiger partial charge in [0, 0.05) is 12.1 Å². The van der Waals surface area contributed by atoms with Gasteiger partial charge in [0.05, 0.1) is 25.8 Å². The van der Waals surface area contributed by atoms with Crippen molar-refractivity contribution in [1.82, 2.24) is 4.90 Å². The quantitative estimate of drug-likeness (QED) is 0.547. The molecule has 0 aliphatic heterocycles. The molecule has 2 aromatic rings. The Bertz CT molecular complexity index is 824. The highest BCUT2D eigenvalue weighted by molar-refractivity contribution is 6.30. The molecule has 0 N–H and O–H groups in total. The molecule has 2 rings (SSSR count). The summed E-state index contributed by atoms with van der Waals surface area (Å²) >= 11 is 5.82. The van der Waals surface area contributed by atoms with E-state index in [9.17, 15) is 9.59 Å². The van der Waals surface area contributed by atoms with Crippen molar-refractivity contribution in [3.63, 3.8) is 0 Å². The molecule has 0 bridgehead atoms. The van der Waals surface area contributed by atoms with Crippen molar-refractivity contribution in [2.45, 2.75) is 6.92 Å². The van der Waals surface area contributed by atoms with Crippen molar-refractivity contribution in [1.29, 1.82) is 0 Å². The summed E-state index contributed by atoms with van der Waals surface area (Å²) in [5, 5.41) is 0.622. The fourth-order valence-corrected chi connectivity index (χ4v) is 2.47.